The zero-order valence-electron chi connectivity index (χ0n) is 10.2. The van der Waals surface area contributed by atoms with Gasteiger partial charge in [-0.05, 0) is 29.9 Å². The number of alkyl halides is 1. The van der Waals surface area contributed by atoms with E-state index in [0.29, 0.717) is 17.4 Å². The summed E-state index contributed by atoms with van der Waals surface area (Å²) < 4.78 is 26.7. The van der Waals surface area contributed by atoms with Crippen molar-refractivity contribution in [3.05, 3.63) is 71.3 Å². The highest BCUT2D eigenvalue weighted by atomic mass is 79.9. The lowest BCUT2D eigenvalue weighted by Gasteiger charge is -2.11. The number of hydrogen-bond donors (Lipinski definition) is 0. The molecule has 1 saturated carbocycles. The van der Waals surface area contributed by atoms with Crippen LogP contribution in [0.15, 0.2) is 48.5 Å². The molecule has 0 spiro atoms. The normalized spacial score (nSPS) is 23.1. The molecule has 0 nitrogen and oxygen atoms in total. The van der Waals surface area contributed by atoms with Crippen LogP contribution in [0.3, 0.4) is 0 Å². The molecule has 0 amide bonds. The molecular weight excluding hydrogens is 310 g/mol. The lowest BCUT2D eigenvalue weighted by Crippen LogP contribution is -1.98. The first-order valence-electron chi connectivity index (χ1n) is 6.31. The SMILES string of the molecule is Fc1ccc(C(Br)C2CC2c2ccccc2)c(F)c1. The smallest absolute Gasteiger partial charge is 0.130 e. The van der Waals surface area contributed by atoms with E-state index in [1.165, 1.54) is 17.7 Å². The Morgan fingerprint density at radius 3 is 2.47 bits per heavy atom. The zero-order valence-corrected chi connectivity index (χ0v) is 11.8. The average Bonchev–Trinajstić information content (AvgIpc) is 3.19. The lowest BCUT2D eigenvalue weighted by molar-refractivity contribution is 0.566. The van der Waals surface area contributed by atoms with E-state index in [1.807, 2.05) is 18.2 Å². The first-order valence-corrected chi connectivity index (χ1v) is 7.22. The van der Waals surface area contributed by atoms with Gasteiger partial charge in [0.1, 0.15) is 11.6 Å². The van der Waals surface area contributed by atoms with Crippen molar-refractivity contribution in [3.63, 3.8) is 0 Å². The van der Waals surface area contributed by atoms with Crippen molar-refractivity contribution >= 4 is 15.9 Å². The predicted molar refractivity (Wildman–Crippen MR) is 75.3 cm³/mol. The highest BCUT2D eigenvalue weighted by molar-refractivity contribution is 9.09. The number of benzene rings is 2. The van der Waals surface area contributed by atoms with Crippen LogP contribution in [0.4, 0.5) is 8.78 Å². The minimum atomic E-state index is -0.531. The third-order valence-electron chi connectivity index (χ3n) is 3.70. The second-order valence-electron chi connectivity index (χ2n) is 4.98. The molecule has 98 valence electrons. The molecule has 0 aliphatic heterocycles. The second kappa shape index (κ2) is 5.04. The van der Waals surface area contributed by atoms with E-state index >= 15 is 0 Å². The molecule has 0 saturated heterocycles. The number of rotatable bonds is 3. The predicted octanol–water partition coefficient (Wildman–Crippen LogP) is 5.20. The van der Waals surface area contributed by atoms with Gasteiger partial charge >= 0.3 is 0 Å². The first-order chi connectivity index (χ1) is 9.16. The Kier molecular flexibility index (Phi) is 3.40. The first kappa shape index (κ1) is 12.8. The van der Waals surface area contributed by atoms with E-state index < -0.39 is 11.6 Å². The third-order valence-corrected chi connectivity index (χ3v) is 4.88. The van der Waals surface area contributed by atoms with Gasteiger partial charge in [-0.3, -0.25) is 0 Å². The van der Waals surface area contributed by atoms with Crippen molar-refractivity contribution in [2.75, 3.05) is 0 Å². The quantitative estimate of drug-likeness (QED) is 0.681. The van der Waals surface area contributed by atoms with Gasteiger partial charge in [0.15, 0.2) is 0 Å². The maximum absolute atomic E-state index is 13.7. The zero-order chi connectivity index (χ0) is 13.4. The molecule has 2 aromatic carbocycles. The van der Waals surface area contributed by atoms with Crippen LogP contribution in [-0.2, 0) is 0 Å². The van der Waals surface area contributed by atoms with Crippen molar-refractivity contribution in [2.24, 2.45) is 5.92 Å². The van der Waals surface area contributed by atoms with E-state index in [-0.39, 0.29) is 4.83 Å². The van der Waals surface area contributed by atoms with Gasteiger partial charge in [0.25, 0.3) is 0 Å². The van der Waals surface area contributed by atoms with Crippen molar-refractivity contribution in [1.29, 1.82) is 0 Å². The minimum absolute atomic E-state index is 0.0571. The van der Waals surface area contributed by atoms with Gasteiger partial charge in [0.2, 0.25) is 0 Å². The molecular formula is C16H13BrF2. The van der Waals surface area contributed by atoms with Gasteiger partial charge in [-0.25, -0.2) is 8.78 Å². The Morgan fingerprint density at radius 1 is 1.05 bits per heavy atom. The second-order valence-corrected chi connectivity index (χ2v) is 5.97. The molecule has 0 heterocycles. The van der Waals surface area contributed by atoms with Crippen LogP contribution in [0.5, 0.6) is 0 Å². The fraction of sp³-hybridized carbons (Fsp3) is 0.250. The molecule has 0 N–H and O–H groups in total. The summed E-state index contributed by atoms with van der Waals surface area (Å²) in [6.07, 6.45) is 1.04. The third kappa shape index (κ3) is 2.57. The average molecular weight is 323 g/mol. The molecule has 0 aromatic heterocycles. The molecule has 3 rings (SSSR count). The minimum Gasteiger partial charge on any atom is -0.207 e. The van der Waals surface area contributed by atoms with E-state index in [0.717, 1.165) is 12.5 Å². The van der Waals surface area contributed by atoms with Crippen LogP contribution < -0.4 is 0 Å². The fourth-order valence-corrected chi connectivity index (χ4v) is 3.53. The number of hydrogen-bond acceptors (Lipinski definition) is 0. The topological polar surface area (TPSA) is 0 Å². The standard InChI is InChI=1S/C16H13BrF2/c17-16(12-7-6-11(18)8-15(12)19)14-9-13(14)10-4-2-1-3-5-10/h1-8,13-14,16H,9H2. The molecule has 2 aromatic rings. The van der Waals surface area contributed by atoms with Crippen molar-refractivity contribution in [3.8, 4) is 0 Å². The van der Waals surface area contributed by atoms with Gasteiger partial charge < -0.3 is 0 Å². The summed E-state index contributed by atoms with van der Waals surface area (Å²) in [6, 6.07) is 14.0. The highest BCUT2D eigenvalue weighted by Gasteiger charge is 2.43. The summed E-state index contributed by atoms with van der Waals surface area (Å²) in [7, 11) is 0. The molecule has 1 fully saturated rings. The Hall–Kier alpha value is -1.22. The van der Waals surface area contributed by atoms with E-state index in [4.69, 9.17) is 0 Å². The molecule has 1 aliphatic carbocycles. The summed E-state index contributed by atoms with van der Waals surface area (Å²) in [4.78, 5) is -0.0571. The highest BCUT2D eigenvalue weighted by Crippen LogP contribution is 2.57. The Labute approximate surface area is 119 Å². The number of halogens is 3. The summed E-state index contributed by atoms with van der Waals surface area (Å²) in [5.41, 5.74) is 1.84. The van der Waals surface area contributed by atoms with Gasteiger partial charge in [-0.2, -0.15) is 0 Å². The lowest BCUT2D eigenvalue weighted by atomic mass is 10.0. The molecule has 1 aliphatic rings. The maximum Gasteiger partial charge on any atom is 0.130 e. The molecule has 0 radical (unpaired) electrons. The van der Waals surface area contributed by atoms with Crippen molar-refractivity contribution < 1.29 is 8.78 Å². The molecule has 3 heteroatoms. The van der Waals surface area contributed by atoms with Crippen LogP contribution in [0.25, 0.3) is 0 Å². The molecule has 0 bridgehead atoms. The summed E-state index contributed by atoms with van der Waals surface area (Å²) in [6.45, 7) is 0. The van der Waals surface area contributed by atoms with Gasteiger partial charge in [0.05, 0.1) is 0 Å². The van der Waals surface area contributed by atoms with Crippen molar-refractivity contribution in [1.82, 2.24) is 0 Å². The van der Waals surface area contributed by atoms with Crippen molar-refractivity contribution in [2.45, 2.75) is 17.2 Å². The van der Waals surface area contributed by atoms with Crippen LogP contribution in [0, 0.1) is 17.6 Å². The summed E-state index contributed by atoms with van der Waals surface area (Å²) in [5, 5.41) is 0. The molecule has 3 unspecified atom stereocenters. The monoisotopic (exact) mass is 322 g/mol. The van der Waals surface area contributed by atoms with Gasteiger partial charge in [-0.1, -0.05) is 52.3 Å². The van der Waals surface area contributed by atoms with Crippen LogP contribution >= 0.6 is 15.9 Å². The Morgan fingerprint density at radius 2 is 1.79 bits per heavy atom. The van der Waals surface area contributed by atoms with E-state index in [2.05, 4.69) is 28.1 Å². The van der Waals surface area contributed by atoms with Crippen LogP contribution in [0.2, 0.25) is 0 Å². The molecule has 3 atom stereocenters. The summed E-state index contributed by atoms with van der Waals surface area (Å²) in [5.74, 6) is -0.158. The molecule has 19 heavy (non-hydrogen) atoms. The Bertz CT molecular complexity index is 583. The summed E-state index contributed by atoms with van der Waals surface area (Å²) >= 11 is 3.56. The van der Waals surface area contributed by atoms with Gasteiger partial charge in [-0.15, -0.1) is 0 Å². The Balaban J connectivity index is 1.78. The van der Waals surface area contributed by atoms with Gasteiger partial charge in [0, 0.05) is 16.5 Å². The van der Waals surface area contributed by atoms with E-state index in [9.17, 15) is 8.78 Å². The maximum atomic E-state index is 13.7. The van der Waals surface area contributed by atoms with Crippen LogP contribution in [0.1, 0.15) is 28.3 Å². The van der Waals surface area contributed by atoms with E-state index in [1.54, 1.807) is 0 Å². The van der Waals surface area contributed by atoms with Crippen LogP contribution in [-0.4, -0.2) is 0 Å². The fourth-order valence-electron chi connectivity index (χ4n) is 2.58. The largest absolute Gasteiger partial charge is 0.207 e.